The van der Waals surface area contributed by atoms with E-state index in [4.69, 9.17) is 9.47 Å². The van der Waals surface area contributed by atoms with E-state index in [1.54, 1.807) is 0 Å². The predicted octanol–water partition coefficient (Wildman–Crippen LogP) is 4.31. The van der Waals surface area contributed by atoms with Crippen LogP contribution in [0.2, 0.25) is 0 Å². The van der Waals surface area contributed by atoms with Crippen molar-refractivity contribution in [1.29, 1.82) is 0 Å². The van der Waals surface area contributed by atoms with Gasteiger partial charge in [0.05, 0.1) is 12.6 Å². The summed E-state index contributed by atoms with van der Waals surface area (Å²) in [7, 11) is 0. The maximum absolute atomic E-state index is 12.4. The molecule has 3 rings (SSSR count). The highest BCUT2D eigenvalue weighted by Gasteiger charge is 2.38. The molecule has 5 nitrogen and oxygen atoms in total. The predicted molar refractivity (Wildman–Crippen MR) is 105 cm³/mol. The summed E-state index contributed by atoms with van der Waals surface area (Å²) in [6.45, 7) is 4.14. The van der Waals surface area contributed by atoms with Crippen LogP contribution < -0.4 is 10.6 Å². The molecule has 1 aliphatic rings. The molecule has 1 aliphatic heterocycles. The van der Waals surface area contributed by atoms with Gasteiger partial charge in [-0.05, 0) is 66.3 Å². The van der Waals surface area contributed by atoms with Crippen molar-refractivity contribution in [2.75, 3.05) is 11.9 Å². The summed E-state index contributed by atoms with van der Waals surface area (Å²) in [5.74, 6) is -0.689. The molecule has 0 aromatic heterocycles. The van der Waals surface area contributed by atoms with Gasteiger partial charge in [-0.3, -0.25) is 0 Å². The lowest BCUT2D eigenvalue weighted by Gasteiger charge is -2.41. The van der Waals surface area contributed by atoms with Crippen LogP contribution in [0, 0.1) is 3.57 Å². The van der Waals surface area contributed by atoms with Crippen molar-refractivity contribution in [2.45, 2.75) is 31.8 Å². The van der Waals surface area contributed by atoms with Gasteiger partial charge in [-0.25, -0.2) is 4.79 Å². The SMILES string of the molecule is CC1(C)OCC(NC(=O)Nc2ccc(I)cc2)C(c2ccccc2)O1. The van der Waals surface area contributed by atoms with Crippen molar-refractivity contribution in [3.63, 3.8) is 0 Å². The molecule has 2 unspecified atom stereocenters. The Morgan fingerprint density at radius 3 is 2.48 bits per heavy atom. The molecular formula is C19H21IN2O3. The molecule has 6 heteroatoms. The molecule has 132 valence electrons. The van der Waals surface area contributed by atoms with Crippen LogP contribution in [0.5, 0.6) is 0 Å². The van der Waals surface area contributed by atoms with Crippen LogP contribution in [0.4, 0.5) is 10.5 Å². The van der Waals surface area contributed by atoms with Gasteiger partial charge in [0.25, 0.3) is 0 Å². The van der Waals surface area contributed by atoms with E-state index in [1.807, 2.05) is 68.4 Å². The number of rotatable bonds is 3. The Balaban J connectivity index is 1.70. The molecule has 1 saturated heterocycles. The largest absolute Gasteiger partial charge is 0.348 e. The Labute approximate surface area is 161 Å². The Hall–Kier alpha value is -1.64. The average Bonchev–Trinajstić information content (AvgIpc) is 2.59. The highest BCUT2D eigenvalue weighted by molar-refractivity contribution is 14.1. The maximum Gasteiger partial charge on any atom is 0.319 e. The van der Waals surface area contributed by atoms with E-state index < -0.39 is 5.79 Å². The molecule has 2 atom stereocenters. The lowest BCUT2D eigenvalue weighted by atomic mass is 10.0. The number of anilines is 1. The number of halogens is 1. The van der Waals surface area contributed by atoms with E-state index in [2.05, 4.69) is 33.2 Å². The molecule has 0 bridgehead atoms. The van der Waals surface area contributed by atoms with Gasteiger partial charge in [0.2, 0.25) is 0 Å². The van der Waals surface area contributed by atoms with E-state index in [0.717, 1.165) is 14.8 Å². The third-order valence-electron chi connectivity index (χ3n) is 3.93. The summed E-state index contributed by atoms with van der Waals surface area (Å²) in [6.07, 6.45) is -0.271. The number of carbonyl (C=O) groups is 1. The van der Waals surface area contributed by atoms with Crippen LogP contribution >= 0.6 is 22.6 Å². The molecule has 2 amide bonds. The first-order valence-corrected chi connectivity index (χ1v) is 9.21. The highest BCUT2D eigenvalue weighted by atomic mass is 127. The molecule has 2 aromatic carbocycles. The summed E-state index contributed by atoms with van der Waals surface area (Å²) >= 11 is 2.23. The molecule has 1 heterocycles. The molecule has 0 radical (unpaired) electrons. The summed E-state index contributed by atoms with van der Waals surface area (Å²) in [5, 5.41) is 5.81. The molecule has 0 spiro atoms. The van der Waals surface area contributed by atoms with Crippen LogP contribution in [-0.4, -0.2) is 24.5 Å². The fourth-order valence-electron chi connectivity index (χ4n) is 2.73. The van der Waals surface area contributed by atoms with Crippen LogP contribution in [-0.2, 0) is 9.47 Å². The first-order chi connectivity index (χ1) is 11.9. The van der Waals surface area contributed by atoms with Gasteiger partial charge in [-0.2, -0.15) is 0 Å². The number of benzene rings is 2. The van der Waals surface area contributed by atoms with Crippen molar-refractivity contribution in [3.8, 4) is 0 Å². The number of ether oxygens (including phenoxy) is 2. The van der Waals surface area contributed by atoms with Crippen molar-refractivity contribution in [2.24, 2.45) is 0 Å². The Morgan fingerprint density at radius 2 is 1.80 bits per heavy atom. The molecule has 0 aliphatic carbocycles. The Bertz CT molecular complexity index is 719. The minimum Gasteiger partial charge on any atom is -0.348 e. The van der Waals surface area contributed by atoms with Gasteiger partial charge in [0, 0.05) is 9.26 Å². The van der Waals surface area contributed by atoms with Crippen molar-refractivity contribution >= 4 is 34.3 Å². The first-order valence-electron chi connectivity index (χ1n) is 8.13. The number of hydrogen-bond donors (Lipinski definition) is 2. The number of urea groups is 1. The third kappa shape index (κ3) is 4.93. The Kier molecular flexibility index (Phi) is 5.61. The first kappa shape index (κ1) is 18.2. The van der Waals surface area contributed by atoms with Gasteiger partial charge < -0.3 is 20.1 Å². The van der Waals surface area contributed by atoms with Gasteiger partial charge >= 0.3 is 6.03 Å². The number of carbonyl (C=O) groups excluding carboxylic acids is 1. The Morgan fingerprint density at radius 1 is 1.12 bits per heavy atom. The zero-order valence-corrected chi connectivity index (χ0v) is 16.3. The maximum atomic E-state index is 12.4. The minimum atomic E-state index is -0.689. The summed E-state index contributed by atoms with van der Waals surface area (Å²) < 4.78 is 12.9. The van der Waals surface area contributed by atoms with Gasteiger partial charge in [-0.1, -0.05) is 30.3 Å². The zero-order chi connectivity index (χ0) is 17.9. The van der Waals surface area contributed by atoms with E-state index in [1.165, 1.54) is 0 Å². The van der Waals surface area contributed by atoms with Gasteiger partial charge in [-0.15, -0.1) is 0 Å². The van der Waals surface area contributed by atoms with Gasteiger partial charge in [0.15, 0.2) is 5.79 Å². The van der Waals surface area contributed by atoms with E-state index >= 15 is 0 Å². The third-order valence-corrected chi connectivity index (χ3v) is 4.65. The van der Waals surface area contributed by atoms with E-state index in [-0.39, 0.29) is 18.2 Å². The average molecular weight is 452 g/mol. The van der Waals surface area contributed by atoms with Crippen LogP contribution in [0.25, 0.3) is 0 Å². The van der Waals surface area contributed by atoms with E-state index in [9.17, 15) is 4.79 Å². The fraction of sp³-hybridized carbons (Fsp3) is 0.316. The molecule has 2 N–H and O–H groups in total. The lowest BCUT2D eigenvalue weighted by molar-refractivity contribution is -0.284. The van der Waals surface area contributed by atoms with Crippen LogP contribution in [0.15, 0.2) is 54.6 Å². The quantitative estimate of drug-likeness (QED) is 0.683. The highest BCUT2D eigenvalue weighted by Crippen LogP contribution is 2.32. The fourth-order valence-corrected chi connectivity index (χ4v) is 3.09. The topological polar surface area (TPSA) is 59.6 Å². The summed E-state index contributed by atoms with van der Waals surface area (Å²) in [6, 6.07) is 16.9. The van der Waals surface area contributed by atoms with Crippen molar-refractivity contribution in [1.82, 2.24) is 5.32 Å². The second-order valence-corrected chi connectivity index (χ2v) is 7.62. The number of hydrogen-bond acceptors (Lipinski definition) is 3. The molecule has 2 aromatic rings. The van der Waals surface area contributed by atoms with Crippen molar-refractivity contribution in [3.05, 3.63) is 63.7 Å². The lowest BCUT2D eigenvalue weighted by Crippen LogP contribution is -2.52. The molecule has 25 heavy (non-hydrogen) atoms. The van der Waals surface area contributed by atoms with Crippen molar-refractivity contribution < 1.29 is 14.3 Å². The standard InChI is InChI=1S/C19H21IN2O3/c1-19(2)24-12-16(17(25-19)13-6-4-3-5-7-13)22-18(23)21-15-10-8-14(20)9-11-15/h3-11,16-17H,12H2,1-2H3,(H2,21,22,23). The minimum absolute atomic E-state index is 0.271. The van der Waals surface area contributed by atoms with Gasteiger partial charge in [0.1, 0.15) is 6.10 Å². The molecule has 1 fully saturated rings. The van der Waals surface area contributed by atoms with Crippen LogP contribution in [0.3, 0.4) is 0 Å². The normalized spacial score (nSPS) is 22.2. The summed E-state index contributed by atoms with van der Waals surface area (Å²) in [4.78, 5) is 12.4. The zero-order valence-electron chi connectivity index (χ0n) is 14.2. The second-order valence-electron chi connectivity index (χ2n) is 6.37. The number of amides is 2. The monoisotopic (exact) mass is 452 g/mol. The second kappa shape index (κ2) is 7.72. The number of nitrogens with one attached hydrogen (secondary N) is 2. The molecule has 0 saturated carbocycles. The molecular weight excluding hydrogens is 431 g/mol. The summed E-state index contributed by atoms with van der Waals surface area (Å²) in [5.41, 5.74) is 1.76. The van der Waals surface area contributed by atoms with E-state index in [0.29, 0.717) is 6.61 Å². The smallest absolute Gasteiger partial charge is 0.319 e. The van der Waals surface area contributed by atoms with Crippen LogP contribution in [0.1, 0.15) is 25.5 Å².